The molecule has 1 heterocycles. The van der Waals surface area contributed by atoms with Crippen molar-refractivity contribution in [2.45, 2.75) is 14.0 Å². The zero-order valence-corrected chi connectivity index (χ0v) is 8.43. The molecule has 0 radical (unpaired) electrons. The van der Waals surface area contributed by atoms with Crippen LogP contribution in [0.15, 0.2) is 54.9 Å². The average Bonchev–Trinajstić information content (AvgIpc) is 2.31. The second-order valence-corrected chi connectivity index (χ2v) is 3.43. The lowest BCUT2D eigenvalue weighted by Gasteiger charge is -1.97. The maximum absolute atomic E-state index is 7.11. The van der Waals surface area contributed by atoms with Gasteiger partial charge in [0.1, 0.15) is 0 Å². The van der Waals surface area contributed by atoms with Gasteiger partial charge in [-0.1, -0.05) is 37.8 Å². The minimum atomic E-state index is 0. The number of pyridine rings is 1. The molecular formula is C14H17N2+. The molecule has 1 aromatic carbocycles. The molecule has 1 N–H and O–H groups in total. The summed E-state index contributed by atoms with van der Waals surface area (Å²) in [5.41, 5.74) is 2.19. The number of benzene rings is 1. The van der Waals surface area contributed by atoms with Crippen LogP contribution in [0.25, 0.3) is 0 Å². The number of aromatic nitrogens is 1. The Hall–Kier alpha value is -1.96. The van der Waals surface area contributed by atoms with Crippen LogP contribution in [0.5, 0.6) is 0 Å². The summed E-state index contributed by atoms with van der Waals surface area (Å²) in [5.74, 6) is 0. The number of hydrogen-bond acceptors (Lipinski definition) is 1. The van der Waals surface area contributed by atoms with Crippen LogP contribution in [-0.4, -0.2) is 6.21 Å². The predicted molar refractivity (Wildman–Crippen MR) is 66.8 cm³/mol. The first-order valence-corrected chi connectivity index (χ1v) is 4.92. The SMILES string of the molecule is C.N=Cc1ccc(C[n+]2ccccc2)cc1. The Labute approximate surface area is 96.7 Å². The molecule has 0 aliphatic rings. The number of nitrogens with one attached hydrogen (secondary N) is 1. The highest BCUT2D eigenvalue weighted by molar-refractivity contribution is 5.76. The highest BCUT2D eigenvalue weighted by Crippen LogP contribution is 2.01. The Balaban J connectivity index is 0.00000128. The van der Waals surface area contributed by atoms with Gasteiger partial charge in [0.15, 0.2) is 18.9 Å². The molecule has 0 amide bonds. The summed E-state index contributed by atoms with van der Waals surface area (Å²) in [6.07, 6.45) is 5.45. The van der Waals surface area contributed by atoms with E-state index < -0.39 is 0 Å². The zero-order chi connectivity index (χ0) is 10.5. The van der Waals surface area contributed by atoms with E-state index in [-0.39, 0.29) is 7.43 Å². The summed E-state index contributed by atoms with van der Waals surface area (Å²) in [6, 6.07) is 14.1. The molecule has 0 saturated heterocycles. The minimum Gasteiger partial charge on any atom is -0.308 e. The van der Waals surface area contributed by atoms with Crippen molar-refractivity contribution in [1.82, 2.24) is 0 Å². The van der Waals surface area contributed by atoms with Crippen molar-refractivity contribution in [2.24, 2.45) is 0 Å². The van der Waals surface area contributed by atoms with Crippen LogP contribution in [-0.2, 0) is 6.54 Å². The highest BCUT2D eigenvalue weighted by Gasteiger charge is 2.00. The van der Waals surface area contributed by atoms with E-state index in [9.17, 15) is 0 Å². The van der Waals surface area contributed by atoms with Crippen molar-refractivity contribution in [3.05, 3.63) is 66.0 Å². The first kappa shape index (κ1) is 12.1. The summed E-state index contributed by atoms with van der Waals surface area (Å²) >= 11 is 0. The van der Waals surface area contributed by atoms with Crippen LogP contribution >= 0.6 is 0 Å². The third kappa shape index (κ3) is 3.02. The molecule has 16 heavy (non-hydrogen) atoms. The predicted octanol–water partition coefficient (Wildman–Crippen LogP) is 2.66. The van der Waals surface area contributed by atoms with Gasteiger partial charge < -0.3 is 5.41 Å². The second-order valence-electron chi connectivity index (χ2n) is 3.43. The summed E-state index contributed by atoms with van der Waals surface area (Å²) < 4.78 is 2.12. The van der Waals surface area contributed by atoms with Crippen LogP contribution in [0.1, 0.15) is 18.6 Å². The molecule has 1 aromatic heterocycles. The van der Waals surface area contributed by atoms with Gasteiger partial charge in [0.05, 0.1) is 0 Å². The van der Waals surface area contributed by atoms with Crippen molar-refractivity contribution in [2.75, 3.05) is 0 Å². The van der Waals surface area contributed by atoms with Gasteiger partial charge in [-0.05, 0) is 5.56 Å². The van der Waals surface area contributed by atoms with Crippen LogP contribution in [0.2, 0.25) is 0 Å². The van der Waals surface area contributed by atoms with Crippen molar-refractivity contribution in [1.29, 1.82) is 5.41 Å². The van der Waals surface area contributed by atoms with Gasteiger partial charge in [0.2, 0.25) is 0 Å². The number of hydrogen-bond donors (Lipinski definition) is 1. The molecule has 2 heteroatoms. The van der Waals surface area contributed by atoms with E-state index in [1.165, 1.54) is 11.8 Å². The normalized spacial score (nSPS) is 9.25. The molecule has 0 atom stereocenters. The van der Waals surface area contributed by atoms with Gasteiger partial charge in [-0.3, -0.25) is 0 Å². The Bertz CT molecular complexity index is 432. The molecule has 0 bridgehead atoms. The van der Waals surface area contributed by atoms with E-state index in [1.807, 2.05) is 42.7 Å². The number of rotatable bonds is 3. The maximum atomic E-state index is 7.11. The Kier molecular flexibility index (Phi) is 4.40. The van der Waals surface area contributed by atoms with Gasteiger partial charge in [-0.2, -0.15) is 0 Å². The fourth-order valence-corrected chi connectivity index (χ4v) is 1.47. The first-order valence-electron chi connectivity index (χ1n) is 4.92. The van der Waals surface area contributed by atoms with E-state index >= 15 is 0 Å². The second kappa shape index (κ2) is 5.81. The molecule has 0 spiro atoms. The van der Waals surface area contributed by atoms with Crippen molar-refractivity contribution < 1.29 is 4.57 Å². The molecule has 0 unspecified atom stereocenters. The quantitative estimate of drug-likeness (QED) is 0.599. The van der Waals surface area contributed by atoms with Crippen LogP contribution in [0.3, 0.4) is 0 Å². The van der Waals surface area contributed by atoms with Gasteiger partial charge in [-0.25, -0.2) is 4.57 Å². The highest BCUT2D eigenvalue weighted by atomic mass is 14.9. The first-order chi connectivity index (χ1) is 7.38. The summed E-state index contributed by atoms with van der Waals surface area (Å²) in [5, 5.41) is 7.11. The van der Waals surface area contributed by atoms with E-state index in [4.69, 9.17) is 5.41 Å². The fraction of sp³-hybridized carbons (Fsp3) is 0.143. The lowest BCUT2D eigenvalue weighted by molar-refractivity contribution is -0.688. The maximum Gasteiger partial charge on any atom is 0.173 e. The summed E-state index contributed by atoms with van der Waals surface area (Å²) in [7, 11) is 0. The van der Waals surface area contributed by atoms with Crippen LogP contribution in [0, 0.1) is 5.41 Å². The Morgan fingerprint density at radius 3 is 2.19 bits per heavy atom. The van der Waals surface area contributed by atoms with Crippen LogP contribution < -0.4 is 4.57 Å². The molecule has 2 rings (SSSR count). The molecule has 2 aromatic rings. The molecule has 0 aliphatic heterocycles. The average molecular weight is 213 g/mol. The van der Waals surface area contributed by atoms with Gasteiger partial charge in [0.25, 0.3) is 0 Å². The third-order valence-corrected chi connectivity index (χ3v) is 2.29. The van der Waals surface area contributed by atoms with Gasteiger partial charge >= 0.3 is 0 Å². The van der Waals surface area contributed by atoms with E-state index in [2.05, 4.69) is 16.7 Å². The molecule has 82 valence electrons. The third-order valence-electron chi connectivity index (χ3n) is 2.29. The molecule has 0 fully saturated rings. The largest absolute Gasteiger partial charge is 0.308 e. The minimum absolute atomic E-state index is 0. The Morgan fingerprint density at radius 1 is 1.00 bits per heavy atom. The van der Waals surface area contributed by atoms with Crippen molar-refractivity contribution in [3.63, 3.8) is 0 Å². The van der Waals surface area contributed by atoms with Gasteiger partial charge in [-0.15, -0.1) is 0 Å². The molecule has 2 nitrogen and oxygen atoms in total. The van der Waals surface area contributed by atoms with Crippen molar-refractivity contribution >= 4 is 6.21 Å². The lowest BCUT2D eigenvalue weighted by atomic mass is 10.1. The zero-order valence-electron chi connectivity index (χ0n) is 8.43. The van der Waals surface area contributed by atoms with E-state index in [0.29, 0.717) is 0 Å². The molecular weight excluding hydrogens is 196 g/mol. The molecule has 0 saturated carbocycles. The lowest BCUT2D eigenvalue weighted by Crippen LogP contribution is -2.32. The standard InChI is InChI=1S/C13H13N2.CH4/c14-10-12-4-6-13(7-5-12)11-15-8-2-1-3-9-15;/h1-10,14H,11H2;1H4/q+1;. The summed E-state index contributed by atoms with van der Waals surface area (Å²) in [6.45, 7) is 0.874. The van der Waals surface area contributed by atoms with Crippen molar-refractivity contribution in [3.8, 4) is 0 Å². The smallest absolute Gasteiger partial charge is 0.173 e. The number of nitrogens with zero attached hydrogens (tertiary/aromatic N) is 1. The van der Waals surface area contributed by atoms with Gasteiger partial charge in [0, 0.05) is 23.9 Å². The topological polar surface area (TPSA) is 27.7 Å². The van der Waals surface area contributed by atoms with E-state index in [1.54, 1.807) is 0 Å². The monoisotopic (exact) mass is 213 g/mol. The van der Waals surface area contributed by atoms with E-state index in [0.717, 1.165) is 12.1 Å². The fourth-order valence-electron chi connectivity index (χ4n) is 1.47. The summed E-state index contributed by atoms with van der Waals surface area (Å²) in [4.78, 5) is 0. The van der Waals surface area contributed by atoms with Crippen LogP contribution in [0.4, 0.5) is 0 Å². The Morgan fingerprint density at radius 2 is 1.62 bits per heavy atom. The molecule has 0 aliphatic carbocycles.